The third-order valence-corrected chi connectivity index (χ3v) is 4.50. The number of carboxylic acid groups (broad SMARTS) is 1. The summed E-state index contributed by atoms with van der Waals surface area (Å²) in [5.41, 5.74) is 0.390. The number of hydrogen-bond donors (Lipinski definition) is 2. The molecule has 0 aromatic heterocycles. The third kappa shape index (κ3) is 2.90. The van der Waals surface area contributed by atoms with Gasteiger partial charge < -0.3 is 10.2 Å². The summed E-state index contributed by atoms with van der Waals surface area (Å²) in [6, 6.07) is 10.8. The van der Waals surface area contributed by atoms with Gasteiger partial charge in [0.15, 0.2) is 0 Å². The number of halogens is 1. The summed E-state index contributed by atoms with van der Waals surface area (Å²) in [5.74, 6) is -1.20. The molecule has 2 N–H and O–H groups in total. The second kappa shape index (κ2) is 6.17. The number of aliphatic hydroxyl groups excluding tert-OH is 1. The van der Waals surface area contributed by atoms with Crippen molar-refractivity contribution in [2.24, 2.45) is 0 Å². The molecule has 0 saturated heterocycles. The van der Waals surface area contributed by atoms with Gasteiger partial charge in [0.25, 0.3) is 0 Å². The van der Waals surface area contributed by atoms with Crippen molar-refractivity contribution in [2.45, 2.75) is 16.4 Å². The van der Waals surface area contributed by atoms with Crippen LogP contribution in [0.15, 0.2) is 52.3 Å². The standard InChI is InChI=1S/C14H11ClO4S/c15-10-5-6-13(11(7-10)14(17)18)20(19)12-4-2-1-3-9(12)8-16/h1-7,16H,8H2,(H,17,18). The number of aliphatic hydroxyl groups is 1. The number of rotatable bonds is 4. The molecule has 2 aromatic rings. The summed E-state index contributed by atoms with van der Waals surface area (Å²) in [6.45, 7) is -0.266. The fourth-order valence-electron chi connectivity index (χ4n) is 1.76. The van der Waals surface area contributed by atoms with Crippen molar-refractivity contribution in [2.75, 3.05) is 0 Å². The Balaban J connectivity index is 2.56. The predicted octanol–water partition coefficient (Wildman–Crippen LogP) is 2.70. The monoisotopic (exact) mass is 310 g/mol. The lowest BCUT2D eigenvalue weighted by Gasteiger charge is -2.09. The summed E-state index contributed by atoms with van der Waals surface area (Å²) in [5, 5.41) is 18.7. The van der Waals surface area contributed by atoms with Crippen molar-refractivity contribution in [3.8, 4) is 0 Å². The number of benzene rings is 2. The predicted molar refractivity (Wildman–Crippen MR) is 75.5 cm³/mol. The van der Waals surface area contributed by atoms with Gasteiger partial charge in [0.2, 0.25) is 0 Å². The van der Waals surface area contributed by atoms with Crippen LogP contribution in [0.5, 0.6) is 0 Å². The minimum atomic E-state index is -1.70. The molecule has 0 aliphatic carbocycles. The van der Waals surface area contributed by atoms with Crippen LogP contribution in [-0.4, -0.2) is 20.4 Å². The molecular weight excluding hydrogens is 300 g/mol. The molecule has 0 fully saturated rings. The van der Waals surface area contributed by atoms with Gasteiger partial charge in [-0.15, -0.1) is 0 Å². The Morgan fingerprint density at radius 1 is 1.15 bits per heavy atom. The number of carboxylic acids is 1. The maximum absolute atomic E-state index is 12.6. The van der Waals surface area contributed by atoms with Crippen molar-refractivity contribution < 1.29 is 19.2 Å². The van der Waals surface area contributed by atoms with Gasteiger partial charge >= 0.3 is 5.97 Å². The molecule has 0 saturated carbocycles. The van der Waals surface area contributed by atoms with E-state index in [2.05, 4.69) is 0 Å². The van der Waals surface area contributed by atoms with Gasteiger partial charge in [-0.05, 0) is 29.8 Å². The fourth-order valence-corrected chi connectivity index (χ4v) is 3.28. The highest BCUT2D eigenvalue weighted by Gasteiger charge is 2.19. The van der Waals surface area contributed by atoms with E-state index in [9.17, 15) is 14.1 Å². The number of carbonyl (C=O) groups is 1. The Morgan fingerprint density at radius 2 is 1.85 bits per heavy atom. The highest BCUT2D eigenvalue weighted by Crippen LogP contribution is 2.25. The normalized spacial score (nSPS) is 12.1. The average Bonchev–Trinajstić information content (AvgIpc) is 2.46. The van der Waals surface area contributed by atoms with Crippen LogP contribution in [0.2, 0.25) is 5.02 Å². The lowest BCUT2D eigenvalue weighted by Crippen LogP contribution is -2.06. The van der Waals surface area contributed by atoms with Gasteiger partial charge in [-0.1, -0.05) is 29.8 Å². The molecule has 2 aromatic carbocycles. The number of aromatic carboxylic acids is 1. The Hall–Kier alpha value is -1.69. The molecule has 0 radical (unpaired) electrons. The van der Waals surface area contributed by atoms with E-state index in [-0.39, 0.29) is 22.1 Å². The average molecular weight is 311 g/mol. The zero-order valence-corrected chi connectivity index (χ0v) is 11.8. The van der Waals surface area contributed by atoms with E-state index in [1.54, 1.807) is 24.3 Å². The van der Waals surface area contributed by atoms with E-state index in [1.165, 1.54) is 18.2 Å². The topological polar surface area (TPSA) is 74.6 Å². The van der Waals surface area contributed by atoms with Crippen molar-refractivity contribution in [3.05, 3.63) is 58.6 Å². The lowest BCUT2D eigenvalue weighted by molar-refractivity contribution is 0.0693. The molecule has 20 heavy (non-hydrogen) atoms. The van der Waals surface area contributed by atoms with Gasteiger partial charge in [0.1, 0.15) is 0 Å². The molecule has 0 aliphatic rings. The van der Waals surface area contributed by atoms with Crippen LogP contribution in [0.1, 0.15) is 15.9 Å². The van der Waals surface area contributed by atoms with E-state index in [1.807, 2.05) is 0 Å². The van der Waals surface area contributed by atoms with Crippen LogP contribution < -0.4 is 0 Å². The first-order valence-corrected chi connectivity index (χ1v) is 7.20. The quantitative estimate of drug-likeness (QED) is 0.910. The Labute approximate surface area is 123 Å². The Kier molecular flexibility index (Phi) is 4.54. The molecule has 0 spiro atoms. The largest absolute Gasteiger partial charge is 0.478 e. The number of hydrogen-bond acceptors (Lipinski definition) is 3. The highest BCUT2D eigenvalue weighted by atomic mass is 35.5. The smallest absolute Gasteiger partial charge is 0.336 e. The summed E-state index contributed by atoms with van der Waals surface area (Å²) in [6.07, 6.45) is 0. The maximum atomic E-state index is 12.6. The van der Waals surface area contributed by atoms with Crippen LogP contribution in [0, 0.1) is 0 Å². The van der Waals surface area contributed by atoms with Crippen molar-refractivity contribution in [1.29, 1.82) is 0 Å². The summed E-state index contributed by atoms with van der Waals surface area (Å²) in [4.78, 5) is 11.8. The van der Waals surface area contributed by atoms with Crippen molar-refractivity contribution in [3.63, 3.8) is 0 Å². The van der Waals surface area contributed by atoms with Gasteiger partial charge in [0.05, 0.1) is 27.9 Å². The highest BCUT2D eigenvalue weighted by molar-refractivity contribution is 7.85. The second-order valence-electron chi connectivity index (χ2n) is 3.98. The summed E-state index contributed by atoms with van der Waals surface area (Å²) in [7, 11) is -1.70. The molecule has 1 atom stereocenters. The van der Waals surface area contributed by atoms with Crippen molar-refractivity contribution >= 4 is 28.4 Å². The summed E-state index contributed by atoms with van der Waals surface area (Å²) >= 11 is 5.77. The van der Waals surface area contributed by atoms with E-state index < -0.39 is 16.8 Å². The zero-order valence-electron chi connectivity index (χ0n) is 10.2. The van der Waals surface area contributed by atoms with Crippen LogP contribution in [0.3, 0.4) is 0 Å². The van der Waals surface area contributed by atoms with E-state index in [0.717, 1.165) is 0 Å². The SMILES string of the molecule is O=C(O)c1cc(Cl)ccc1S(=O)c1ccccc1CO. The Morgan fingerprint density at radius 3 is 2.50 bits per heavy atom. The van der Waals surface area contributed by atoms with Gasteiger partial charge in [-0.3, -0.25) is 0 Å². The maximum Gasteiger partial charge on any atom is 0.336 e. The first kappa shape index (κ1) is 14.7. The molecular formula is C14H11ClO4S. The van der Waals surface area contributed by atoms with Crippen molar-refractivity contribution in [1.82, 2.24) is 0 Å². The van der Waals surface area contributed by atoms with Crippen LogP contribution in [-0.2, 0) is 17.4 Å². The van der Waals surface area contributed by atoms with Gasteiger partial charge in [0, 0.05) is 9.92 Å². The second-order valence-corrected chi connectivity index (χ2v) is 5.83. The first-order chi connectivity index (χ1) is 9.54. The molecule has 2 rings (SSSR count). The molecule has 0 heterocycles. The van der Waals surface area contributed by atoms with Crippen LogP contribution in [0.25, 0.3) is 0 Å². The molecule has 1 unspecified atom stereocenters. The molecule has 0 bridgehead atoms. The van der Waals surface area contributed by atoms with Crippen LogP contribution >= 0.6 is 11.6 Å². The van der Waals surface area contributed by atoms with Crippen LogP contribution in [0.4, 0.5) is 0 Å². The van der Waals surface area contributed by atoms with E-state index in [4.69, 9.17) is 16.7 Å². The minimum absolute atomic E-state index is 0.108. The van der Waals surface area contributed by atoms with E-state index in [0.29, 0.717) is 10.5 Å². The molecule has 104 valence electrons. The van der Waals surface area contributed by atoms with Gasteiger partial charge in [-0.25, -0.2) is 9.00 Å². The van der Waals surface area contributed by atoms with Gasteiger partial charge in [-0.2, -0.15) is 0 Å². The lowest BCUT2D eigenvalue weighted by atomic mass is 10.2. The molecule has 4 nitrogen and oxygen atoms in total. The minimum Gasteiger partial charge on any atom is -0.478 e. The first-order valence-electron chi connectivity index (χ1n) is 5.68. The molecule has 0 amide bonds. The summed E-state index contributed by atoms with van der Waals surface area (Å²) < 4.78 is 12.6. The molecule has 0 aliphatic heterocycles. The third-order valence-electron chi connectivity index (χ3n) is 2.71. The Bertz CT molecular complexity index is 685. The molecule has 6 heteroatoms. The van der Waals surface area contributed by atoms with E-state index >= 15 is 0 Å². The fraction of sp³-hybridized carbons (Fsp3) is 0.0714. The zero-order chi connectivity index (χ0) is 14.7.